The highest BCUT2D eigenvalue weighted by molar-refractivity contribution is 5.90. The van der Waals surface area contributed by atoms with Gasteiger partial charge in [-0.15, -0.1) is 0 Å². The molecule has 2 heterocycles. The van der Waals surface area contributed by atoms with Gasteiger partial charge in [0, 0.05) is 26.4 Å². The Morgan fingerprint density at radius 1 is 0.944 bits per heavy atom. The molecule has 3 amide bonds. The molecule has 1 N–H and O–H groups in total. The molecule has 0 radical (unpaired) electrons. The Balaban J connectivity index is 1.54. The van der Waals surface area contributed by atoms with Crippen LogP contribution in [0.4, 0.5) is 4.39 Å². The minimum absolute atomic E-state index is 0.0193. The Bertz CT molecular complexity index is 1070. The van der Waals surface area contributed by atoms with Crippen LogP contribution in [-0.2, 0) is 14.4 Å². The molecule has 4 unspecified atom stereocenters. The van der Waals surface area contributed by atoms with Crippen molar-refractivity contribution in [2.24, 2.45) is 5.92 Å². The molecule has 0 spiro atoms. The van der Waals surface area contributed by atoms with Crippen molar-refractivity contribution >= 4 is 17.7 Å². The Kier molecular flexibility index (Phi) is 8.07. The van der Waals surface area contributed by atoms with Gasteiger partial charge in [-0.1, -0.05) is 68.4 Å². The Morgan fingerprint density at radius 2 is 1.58 bits per heavy atom. The summed E-state index contributed by atoms with van der Waals surface area (Å²) < 4.78 is 14.6. The summed E-state index contributed by atoms with van der Waals surface area (Å²) in [4.78, 5) is 41.9. The van der Waals surface area contributed by atoms with E-state index in [2.05, 4.69) is 31.3 Å². The largest absolute Gasteiger partial charge is 0.343 e. The molecule has 6 nitrogen and oxygen atoms in total. The summed E-state index contributed by atoms with van der Waals surface area (Å²) >= 11 is 0. The molecule has 0 aromatic heterocycles. The van der Waals surface area contributed by atoms with Gasteiger partial charge in [0.2, 0.25) is 17.7 Å². The third kappa shape index (κ3) is 5.77. The number of rotatable bonds is 6. The number of carbonyl (C=O) groups excluding carboxylic acids is 3. The Hall–Kier alpha value is -3.22. The van der Waals surface area contributed by atoms with E-state index in [-0.39, 0.29) is 30.7 Å². The molecule has 7 heteroatoms. The van der Waals surface area contributed by atoms with Crippen LogP contribution in [0.5, 0.6) is 0 Å². The first-order valence-corrected chi connectivity index (χ1v) is 12.9. The molecular formula is C29H36FN3O3. The molecule has 2 aliphatic heterocycles. The maximum atomic E-state index is 14.6. The summed E-state index contributed by atoms with van der Waals surface area (Å²) in [5.41, 5.74) is 3.05. The van der Waals surface area contributed by atoms with Gasteiger partial charge in [0.05, 0.1) is 18.5 Å². The lowest BCUT2D eigenvalue weighted by Crippen LogP contribution is -2.51. The Morgan fingerprint density at radius 3 is 2.22 bits per heavy atom. The summed E-state index contributed by atoms with van der Waals surface area (Å²) in [6.45, 7) is 6.62. The molecule has 4 atom stereocenters. The summed E-state index contributed by atoms with van der Waals surface area (Å²) in [7, 11) is 0. The number of piperidine rings is 1. The zero-order valence-corrected chi connectivity index (χ0v) is 21.3. The highest BCUT2D eigenvalue weighted by Crippen LogP contribution is 2.29. The first-order valence-electron chi connectivity index (χ1n) is 12.9. The van der Waals surface area contributed by atoms with E-state index in [0.29, 0.717) is 25.4 Å². The van der Waals surface area contributed by atoms with Gasteiger partial charge in [0.1, 0.15) is 12.2 Å². The fourth-order valence-corrected chi connectivity index (χ4v) is 5.29. The highest BCUT2D eigenvalue weighted by Gasteiger charge is 2.43. The molecule has 2 saturated heterocycles. The van der Waals surface area contributed by atoms with Crippen LogP contribution < -0.4 is 5.32 Å². The molecule has 36 heavy (non-hydrogen) atoms. The van der Waals surface area contributed by atoms with E-state index in [9.17, 15) is 18.8 Å². The van der Waals surface area contributed by atoms with Gasteiger partial charge in [-0.2, -0.15) is 0 Å². The van der Waals surface area contributed by atoms with Crippen LogP contribution in [0.2, 0.25) is 0 Å². The smallest absolute Gasteiger partial charge is 0.243 e. The minimum atomic E-state index is -1.25. The second-order valence-electron chi connectivity index (χ2n) is 10.3. The second kappa shape index (κ2) is 11.2. The third-order valence-corrected chi connectivity index (χ3v) is 7.41. The van der Waals surface area contributed by atoms with Crippen LogP contribution in [0.25, 0.3) is 0 Å². The van der Waals surface area contributed by atoms with E-state index in [1.807, 2.05) is 42.5 Å². The molecular weight excluding hydrogens is 457 g/mol. The van der Waals surface area contributed by atoms with Crippen molar-refractivity contribution in [2.75, 3.05) is 19.6 Å². The topological polar surface area (TPSA) is 69.7 Å². The first-order chi connectivity index (χ1) is 17.2. The fraction of sp³-hybridized carbons (Fsp3) is 0.483. The second-order valence-corrected chi connectivity index (χ2v) is 10.3. The number of hydrogen-bond acceptors (Lipinski definition) is 3. The van der Waals surface area contributed by atoms with Crippen LogP contribution in [0.3, 0.4) is 0 Å². The quantitative estimate of drug-likeness (QED) is 0.655. The number of hydrogen-bond donors (Lipinski definition) is 1. The zero-order chi connectivity index (χ0) is 25.8. The van der Waals surface area contributed by atoms with E-state index in [4.69, 9.17) is 0 Å². The van der Waals surface area contributed by atoms with Crippen LogP contribution in [-0.4, -0.2) is 59.4 Å². The molecule has 0 saturated carbocycles. The predicted molar refractivity (Wildman–Crippen MR) is 137 cm³/mol. The van der Waals surface area contributed by atoms with Crippen LogP contribution >= 0.6 is 0 Å². The van der Waals surface area contributed by atoms with Crippen LogP contribution in [0.1, 0.15) is 68.7 Å². The van der Waals surface area contributed by atoms with Gasteiger partial charge >= 0.3 is 0 Å². The summed E-state index contributed by atoms with van der Waals surface area (Å²) in [5.74, 6) is -0.678. The van der Waals surface area contributed by atoms with Crippen molar-refractivity contribution in [3.8, 4) is 0 Å². The van der Waals surface area contributed by atoms with Crippen molar-refractivity contribution in [2.45, 2.75) is 64.2 Å². The van der Waals surface area contributed by atoms with E-state index >= 15 is 0 Å². The van der Waals surface area contributed by atoms with E-state index in [0.717, 1.165) is 17.5 Å². The lowest BCUT2D eigenvalue weighted by molar-refractivity contribution is -0.144. The summed E-state index contributed by atoms with van der Waals surface area (Å²) in [5, 5.41) is 3.11. The molecule has 0 bridgehead atoms. The SMILES string of the molecule is CC(=O)N1CCCC(C(=O)N2CC(F)CC2C(=O)NC(c2ccccc2)c2ccc(C(C)C)cc2)C1. The van der Waals surface area contributed by atoms with Gasteiger partial charge in [-0.05, 0) is 35.4 Å². The average molecular weight is 494 g/mol. The number of nitrogens with one attached hydrogen (secondary N) is 1. The number of benzene rings is 2. The van der Waals surface area contributed by atoms with Gasteiger partial charge in [-0.25, -0.2) is 4.39 Å². The standard InChI is InChI=1S/C29H36FN3O3/c1-19(2)21-11-13-23(14-12-21)27(22-8-5-4-6-9-22)31-28(35)26-16-25(30)18-33(26)29(36)24-10-7-15-32(17-24)20(3)34/h4-6,8-9,11-14,19,24-27H,7,10,15-18H2,1-3H3,(H,31,35). The maximum Gasteiger partial charge on any atom is 0.243 e. The molecule has 2 aromatic rings. The number of carbonyl (C=O) groups is 3. The number of nitrogens with zero attached hydrogens (tertiary/aromatic N) is 2. The van der Waals surface area contributed by atoms with Crippen molar-refractivity contribution in [3.05, 3.63) is 71.3 Å². The predicted octanol–water partition coefficient (Wildman–Crippen LogP) is 4.21. The third-order valence-electron chi connectivity index (χ3n) is 7.41. The number of likely N-dealkylation sites (tertiary alicyclic amines) is 2. The molecule has 0 aliphatic carbocycles. The first kappa shape index (κ1) is 25.9. The van der Waals surface area contributed by atoms with E-state index in [1.54, 1.807) is 4.90 Å². The molecule has 4 rings (SSSR count). The average Bonchev–Trinajstić information content (AvgIpc) is 3.29. The van der Waals surface area contributed by atoms with E-state index in [1.165, 1.54) is 17.4 Å². The van der Waals surface area contributed by atoms with Gasteiger partial charge < -0.3 is 15.1 Å². The minimum Gasteiger partial charge on any atom is -0.343 e. The molecule has 2 aliphatic rings. The van der Waals surface area contributed by atoms with Gasteiger partial charge in [0.25, 0.3) is 0 Å². The van der Waals surface area contributed by atoms with E-state index < -0.39 is 24.2 Å². The summed E-state index contributed by atoms with van der Waals surface area (Å²) in [6.07, 6.45) is 0.0911. The van der Waals surface area contributed by atoms with Gasteiger partial charge in [0.15, 0.2) is 0 Å². The number of halogens is 1. The van der Waals surface area contributed by atoms with Crippen molar-refractivity contribution in [3.63, 3.8) is 0 Å². The van der Waals surface area contributed by atoms with Crippen molar-refractivity contribution in [1.82, 2.24) is 15.1 Å². The number of alkyl halides is 1. The van der Waals surface area contributed by atoms with Crippen molar-refractivity contribution < 1.29 is 18.8 Å². The zero-order valence-electron chi connectivity index (χ0n) is 21.3. The fourth-order valence-electron chi connectivity index (χ4n) is 5.29. The van der Waals surface area contributed by atoms with Crippen LogP contribution in [0, 0.1) is 5.92 Å². The highest BCUT2D eigenvalue weighted by atomic mass is 19.1. The van der Waals surface area contributed by atoms with Crippen LogP contribution in [0.15, 0.2) is 54.6 Å². The summed E-state index contributed by atoms with van der Waals surface area (Å²) in [6, 6.07) is 16.5. The van der Waals surface area contributed by atoms with Crippen molar-refractivity contribution in [1.29, 1.82) is 0 Å². The number of amides is 3. The normalized spacial score (nSPS) is 23.0. The monoisotopic (exact) mass is 493 g/mol. The Labute approximate surface area is 212 Å². The lowest BCUT2D eigenvalue weighted by Gasteiger charge is -2.35. The molecule has 192 valence electrons. The molecule has 2 aromatic carbocycles. The maximum absolute atomic E-state index is 14.6. The molecule has 2 fully saturated rings. The van der Waals surface area contributed by atoms with Gasteiger partial charge in [-0.3, -0.25) is 14.4 Å². The lowest BCUT2D eigenvalue weighted by atomic mass is 9.94.